The third-order valence-electron chi connectivity index (χ3n) is 7.44. The van der Waals surface area contributed by atoms with E-state index in [1.807, 2.05) is 43.5 Å². The van der Waals surface area contributed by atoms with Crippen LogP contribution in [0.25, 0.3) is 21.9 Å². The molecule has 12 nitrogen and oxygen atoms in total. The minimum Gasteiger partial charge on any atom is -0.508 e. The molecule has 234 valence electrons. The fourth-order valence-corrected chi connectivity index (χ4v) is 5.39. The largest absolute Gasteiger partial charge is 0.524 e. The third kappa shape index (κ3) is 8.23. The number of hydrogen-bond donors (Lipinski definition) is 6. The zero-order valence-electron chi connectivity index (χ0n) is 25.2. The van der Waals surface area contributed by atoms with E-state index in [9.17, 15) is 19.5 Å². The van der Waals surface area contributed by atoms with Gasteiger partial charge in [0.05, 0.1) is 17.6 Å². The Kier molecular flexibility index (Phi) is 9.70. The second-order valence-electron chi connectivity index (χ2n) is 12.0. The molecule has 4 rings (SSSR count). The van der Waals surface area contributed by atoms with Crippen LogP contribution < -0.4 is 21.7 Å². The lowest BCUT2D eigenvalue weighted by Crippen LogP contribution is -2.35. The van der Waals surface area contributed by atoms with Crippen LogP contribution in [0.5, 0.6) is 11.5 Å². The van der Waals surface area contributed by atoms with Crippen molar-refractivity contribution in [3.63, 3.8) is 0 Å². The number of phenolic OH excluding ortho intramolecular Hbond substituents is 1. The first-order chi connectivity index (χ1) is 20.1. The first kappa shape index (κ1) is 32.7. The molecule has 0 aliphatic carbocycles. The van der Waals surface area contributed by atoms with Gasteiger partial charge in [-0.25, -0.2) is 14.5 Å². The normalized spacial score (nSPS) is 14.0. The number of pyridine rings is 1. The molecule has 2 aromatic carbocycles. The van der Waals surface area contributed by atoms with Crippen LogP contribution in [0.4, 0.5) is 5.82 Å². The van der Waals surface area contributed by atoms with E-state index in [1.54, 1.807) is 0 Å². The number of phenols is 1. The predicted octanol–water partition coefficient (Wildman–Crippen LogP) is 4.44. The molecule has 0 fully saturated rings. The number of aromatic nitrogens is 3. The fourth-order valence-electron chi connectivity index (χ4n) is 4.95. The summed E-state index contributed by atoms with van der Waals surface area (Å²) < 4.78 is 24.5. The quantitative estimate of drug-likeness (QED) is 0.0865. The number of ether oxygens (including phenoxy) is 1. The summed E-state index contributed by atoms with van der Waals surface area (Å²) in [4.78, 5) is 28.5. The number of phosphoric acid groups is 1. The lowest BCUT2D eigenvalue weighted by atomic mass is 9.89. The van der Waals surface area contributed by atoms with E-state index >= 15 is 0 Å². The summed E-state index contributed by atoms with van der Waals surface area (Å²) in [6.45, 7) is 9.07. The lowest BCUT2D eigenvalue weighted by molar-refractivity contribution is 0.104. The summed E-state index contributed by atoms with van der Waals surface area (Å²) in [6, 6.07) is 9.86. The smallest absolute Gasteiger partial charge is 0.508 e. The molecule has 4 aromatic rings. The Balaban J connectivity index is 1.80. The molecule has 0 aliphatic rings. The number of nitrogens with two attached hydrogens (primary N) is 3. The highest BCUT2D eigenvalue weighted by atomic mass is 31.2. The highest BCUT2D eigenvalue weighted by Crippen LogP contribution is 2.41. The number of benzene rings is 2. The highest BCUT2D eigenvalue weighted by molar-refractivity contribution is 7.46. The summed E-state index contributed by atoms with van der Waals surface area (Å²) in [5.74, 6) is 0.868. The molecule has 9 N–H and O–H groups in total. The van der Waals surface area contributed by atoms with Crippen molar-refractivity contribution in [1.82, 2.24) is 14.5 Å². The highest BCUT2D eigenvalue weighted by Gasteiger charge is 2.25. The topological polar surface area (TPSA) is 205 Å². The second-order valence-corrected chi connectivity index (χ2v) is 13.2. The molecule has 1 atom stereocenters. The number of aryl methyl sites for hydroxylation is 1. The maximum atomic E-state index is 11.7. The fraction of sp³-hybridized carbons (Fsp3) is 0.467. The first-order valence-corrected chi connectivity index (χ1v) is 15.9. The van der Waals surface area contributed by atoms with Crippen LogP contribution in [0.15, 0.2) is 36.4 Å². The van der Waals surface area contributed by atoms with Crippen molar-refractivity contribution >= 4 is 35.6 Å². The summed E-state index contributed by atoms with van der Waals surface area (Å²) >= 11 is 0. The molecule has 0 bridgehead atoms. The van der Waals surface area contributed by atoms with Gasteiger partial charge in [0.25, 0.3) is 0 Å². The van der Waals surface area contributed by atoms with E-state index in [-0.39, 0.29) is 29.4 Å². The Morgan fingerprint density at radius 3 is 2.42 bits per heavy atom. The van der Waals surface area contributed by atoms with Gasteiger partial charge >= 0.3 is 7.82 Å². The number of anilines is 1. The van der Waals surface area contributed by atoms with E-state index in [2.05, 4.69) is 11.9 Å². The molecule has 0 aliphatic heterocycles. The maximum Gasteiger partial charge on any atom is 0.524 e. The first-order valence-electron chi connectivity index (χ1n) is 14.4. The molecule has 0 amide bonds. The summed E-state index contributed by atoms with van der Waals surface area (Å²) in [5, 5.41) is 11.0. The van der Waals surface area contributed by atoms with Crippen LogP contribution in [-0.4, -0.2) is 48.2 Å². The molecule has 0 spiro atoms. The summed E-state index contributed by atoms with van der Waals surface area (Å²) in [7, 11) is -4.86. The van der Waals surface area contributed by atoms with Gasteiger partial charge in [-0.1, -0.05) is 19.4 Å². The summed E-state index contributed by atoms with van der Waals surface area (Å²) in [5.41, 5.74) is 21.4. The lowest BCUT2D eigenvalue weighted by Gasteiger charge is -2.26. The Bertz CT molecular complexity index is 1640. The van der Waals surface area contributed by atoms with Crippen molar-refractivity contribution in [1.29, 1.82) is 0 Å². The van der Waals surface area contributed by atoms with Gasteiger partial charge in [-0.3, -0.25) is 9.79 Å². The monoisotopic (exact) mass is 614 g/mol. The minimum atomic E-state index is -4.86. The van der Waals surface area contributed by atoms with Crippen LogP contribution in [0.2, 0.25) is 0 Å². The van der Waals surface area contributed by atoms with E-state index in [0.29, 0.717) is 48.2 Å². The van der Waals surface area contributed by atoms with Gasteiger partial charge in [-0.2, -0.15) is 0 Å². The molecular formula is C30H43N6O6P. The van der Waals surface area contributed by atoms with Crippen molar-refractivity contribution in [3.05, 3.63) is 53.3 Å². The molecule has 0 saturated heterocycles. The van der Waals surface area contributed by atoms with Crippen LogP contribution >= 0.6 is 7.82 Å². The third-order valence-corrected chi connectivity index (χ3v) is 7.88. The molecular weight excluding hydrogens is 571 g/mol. The molecule has 13 heteroatoms. The van der Waals surface area contributed by atoms with Gasteiger partial charge in [-0.05, 0) is 75.9 Å². The SMILES string of the molecule is CCCCc1nc2c(N)nc3ccc(C(C)(N)CCOCCC(C)(C)N)cc3c2n1Cc1cc(O)ccc1OP(=O)(O)O. The van der Waals surface area contributed by atoms with Crippen molar-refractivity contribution in [3.8, 4) is 11.5 Å². The van der Waals surface area contributed by atoms with Crippen molar-refractivity contribution in [2.24, 2.45) is 11.5 Å². The van der Waals surface area contributed by atoms with Gasteiger partial charge in [-0.15, -0.1) is 0 Å². The van der Waals surface area contributed by atoms with Crippen molar-refractivity contribution in [2.45, 2.75) is 77.4 Å². The zero-order chi connectivity index (χ0) is 31.6. The number of hydrogen-bond acceptors (Lipinski definition) is 9. The predicted molar refractivity (Wildman–Crippen MR) is 168 cm³/mol. The van der Waals surface area contributed by atoms with Gasteiger partial charge in [0.1, 0.15) is 22.8 Å². The van der Waals surface area contributed by atoms with Crippen molar-refractivity contribution < 1.29 is 28.7 Å². The van der Waals surface area contributed by atoms with Gasteiger partial charge < -0.3 is 36.1 Å². The molecule has 2 aromatic heterocycles. The summed E-state index contributed by atoms with van der Waals surface area (Å²) in [6.07, 6.45) is 3.72. The molecule has 0 saturated carbocycles. The Morgan fingerprint density at radius 1 is 1.02 bits per heavy atom. The number of aromatic hydroxyl groups is 1. The van der Waals surface area contributed by atoms with E-state index in [4.69, 9.17) is 31.4 Å². The van der Waals surface area contributed by atoms with E-state index < -0.39 is 13.4 Å². The molecule has 1 unspecified atom stereocenters. The number of rotatable bonds is 14. The Hall–Kier alpha value is -3.25. The van der Waals surface area contributed by atoms with Crippen LogP contribution in [-0.2, 0) is 27.8 Å². The van der Waals surface area contributed by atoms with Crippen LogP contribution in [0, 0.1) is 0 Å². The second kappa shape index (κ2) is 12.8. The maximum absolute atomic E-state index is 11.7. The number of imidazole rings is 1. The molecule has 2 heterocycles. The Labute approximate surface area is 251 Å². The standard InChI is InChI=1S/C30H43N6O6P/c1-5-6-7-25-35-26-27(36(25)18-19-16-21(37)9-11-24(19)42-43(38,39)40)22-17-20(8-10-23(22)34-28(26)31)30(4,33)13-15-41-14-12-29(2,3)32/h8-11,16-17,37H,5-7,12-15,18,32-33H2,1-4H3,(H2,31,34)(H2,38,39,40). The van der Waals surface area contributed by atoms with Crippen molar-refractivity contribution in [2.75, 3.05) is 18.9 Å². The Morgan fingerprint density at radius 2 is 1.74 bits per heavy atom. The number of nitrogen functional groups attached to an aromatic ring is 1. The minimum absolute atomic E-state index is 0.0472. The van der Waals surface area contributed by atoms with Gasteiger partial charge in [0.15, 0.2) is 5.82 Å². The van der Waals surface area contributed by atoms with E-state index in [1.165, 1.54) is 18.2 Å². The van der Waals surface area contributed by atoms with E-state index in [0.717, 1.165) is 36.0 Å². The zero-order valence-corrected chi connectivity index (χ0v) is 26.1. The number of unbranched alkanes of at least 4 members (excludes halogenated alkanes) is 1. The number of nitrogens with zero attached hydrogens (tertiary/aromatic N) is 3. The molecule has 0 radical (unpaired) electrons. The van der Waals surface area contributed by atoms with Gasteiger partial charge in [0, 0.05) is 41.7 Å². The van der Waals surface area contributed by atoms with Crippen LogP contribution in [0.3, 0.4) is 0 Å². The number of fused-ring (bicyclic) bond motifs is 3. The average Bonchev–Trinajstić information content (AvgIpc) is 3.26. The van der Waals surface area contributed by atoms with Gasteiger partial charge in [0.2, 0.25) is 0 Å². The average molecular weight is 615 g/mol. The molecule has 43 heavy (non-hydrogen) atoms. The van der Waals surface area contributed by atoms with Crippen LogP contribution in [0.1, 0.15) is 70.3 Å². The number of phosphoric ester groups is 1.